The van der Waals surface area contributed by atoms with Gasteiger partial charge in [0.2, 0.25) is 5.91 Å². The molecule has 1 saturated carbocycles. The summed E-state index contributed by atoms with van der Waals surface area (Å²) in [5.41, 5.74) is 1.74. The zero-order chi connectivity index (χ0) is 23.5. The smallest absolute Gasteiger partial charge is 0.313 e. The number of methoxy groups -OCH3 is 1. The van der Waals surface area contributed by atoms with Crippen LogP contribution in [0.1, 0.15) is 18.9 Å². The number of hydroxylamine groups is 1. The Bertz CT molecular complexity index is 1080. The van der Waals surface area contributed by atoms with Gasteiger partial charge in [0.15, 0.2) is 0 Å². The van der Waals surface area contributed by atoms with Crippen molar-refractivity contribution in [3.63, 3.8) is 0 Å². The number of nitrogens with one attached hydrogen (secondary N) is 1. The fourth-order valence-corrected chi connectivity index (χ4v) is 4.92. The van der Waals surface area contributed by atoms with Crippen LogP contribution < -0.4 is 14.5 Å². The Morgan fingerprint density at radius 3 is 2.31 bits per heavy atom. The highest BCUT2D eigenvalue weighted by molar-refractivity contribution is 7.92. The number of ether oxygens (including phenoxy) is 2. The van der Waals surface area contributed by atoms with Gasteiger partial charge in [0.1, 0.15) is 5.75 Å². The molecule has 0 heterocycles. The molecule has 2 atom stereocenters. The normalized spacial score (nSPS) is 19.7. The molecule has 0 spiro atoms. The third-order valence-corrected chi connectivity index (χ3v) is 7.52. The molecule has 0 aliphatic heterocycles. The molecule has 1 fully saturated rings. The van der Waals surface area contributed by atoms with Crippen molar-refractivity contribution in [2.75, 3.05) is 25.1 Å². The van der Waals surface area contributed by atoms with Crippen molar-refractivity contribution in [3.8, 4) is 5.75 Å². The zero-order valence-electron chi connectivity index (χ0n) is 18.1. The van der Waals surface area contributed by atoms with Crippen LogP contribution in [0.5, 0.6) is 5.75 Å². The lowest BCUT2D eigenvalue weighted by atomic mass is 9.93. The number of carbonyl (C=O) groups is 2. The van der Waals surface area contributed by atoms with Gasteiger partial charge >= 0.3 is 5.97 Å². The highest BCUT2D eigenvalue weighted by atomic mass is 32.2. The molecule has 2 N–H and O–H groups in total. The molecule has 2 aromatic rings. The van der Waals surface area contributed by atoms with Crippen molar-refractivity contribution in [3.05, 3.63) is 54.1 Å². The largest absolute Gasteiger partial charge is 0.497 e. The van der Waals surface area contributed by atoms with Crippen LogP contribution in [0.4, 0.5) is 5.69 Å². The molecule has 172 valence electrons. The number of hydrogen-bond acceptors (Lipinski definition) is 7. The van der Waals surface area contributed by atoms with Crippen molar-refractivity contribution in [1.29, 1.82) is 0 Å². The minimum atomic E-state index is -3.77. The van der Waals surface area contributed by atoms with Crippen molar-refractivity contribution in [2.24, 2.45) is 11.3 Å². The van der Waals surface area contributed by atoms with E-state index < -0.39 is 33.2 Å². The Hall–Kier alpha value is -3.11. The molecular weight excluding hydrogens is 436 g/mol. The fourth-order valence-electron chi connectivity index (χ4n) is 3.73. The lowest BCUT2D eigenvalue weighted by molar-refractivity contribution is -0.152. The summed E-state index contributed by atoms with van der Waals surface area (Å²) >= 11 is 0. The van der Waals surface area contributed by atoms with Gasteiger partial charge in [0.05, 0.1) is 35.6 Å². The predicted molar refractivity (Wildman–Crippen MR) is 116 cm³/mol. The summed E-state index contributed by atoms with van der Waals surface area (Å²) in [5, 5.41) is 8.93. The molecule has 2 aromatic carbocycles. The van der Waals surface area contributed by atoms with Crippen molar-refractivity contribution < 1.29 is 32.7 Å². The van der Waals surface area contributed by atoms with E-state index in [1.807, 2.05) is 0 Å². The van der Waals surface area contributed by atoms with E-state index in [1.165, 1.54) is 30.6 Å². The number of amides is 1. The Morgan fingerprint density at radius 2 is 1.78 bits per heavy atom. The van der Waals surface area contributed by atoms with E-state index in [2.05, 4.69) is 0 Å². The monoisotopic (exact) mass is 462 g/mol. The zero-order valence-corrected chi connectivity index (χ0v) is 18.9. The van der Waals surface area contributed by atoms with E-state index in [9.17, 15) is 18.0 Å². The van der Waals surface area contributed by atoms with E-state index in [0.717, 1.165) is 5.56 Å². The maximum Gasteiger partial charge on any atom is 0.313 e. The third-order valence-electron chi connectivity index (χ3n) is 5.72. The third kappa shape index (κ3) is 4.42. The average molecular weight is 463 g/mol. The van der Waals surface area contributed by atoms with Crippen LogP contribution >= 0.6 is 0 Å². The topological polar surface area (TPSA) is 122 Å². The summed E-state index contributed by atoms with van der Waals surface area (Å²) in [6, 6.07) is 12.8. The molecule has 0 saturated heterocycles. The molecule has 1 unspecified atom stereocenters. The molecule has 9 nitrogen and oxygen atoms in total. The number of rotatable bonds is 9. The number of carbonyl (C=O) groups excluding carboxylic acids is 2. The number of hydrogen-bond donors (Lipinski definition) is 2. The van der Waals surface area contributed by atoms with E-state index >= 15 is 0 Å². The van der Waals surface area contributed by atoms with E-state index in [0.29, 0.717) is 11.4 Å². The molecule has 0 radical (unpaired) electrons. The minimum Gasteiger partial charge on any atom is -0.497 e. The highest BCUT2D eigenvalue weighted by Gasteiger charge is 2.64. The number of anilines is 1. The summed E-state index contributed by atoms with van der Waals surface area (Å²) < 4.78 is 37.2. The number of sulfonamides is 1. The van der Waals surface area contributed by atoms with Crippen LogP contribution in [0.25, 0.3) is 0 Å². The Kier molecular flexibility index (Phi) is 6.75. The molecule has 0 bridgehead atoms. The second-order valence-electron chi connectivity index (χ2n) is 7.60. The van der Waals surface area contributed by atoms with Gasteiger partial charge < -0.3 is 9.47 Å². The maximum atomic E-state index is 12.9. The Labute approximate surface area is 187 Å². The van der Waals surface area contributed by atoms with Crippen LogP contribution in [0.2, 0.25) is 0 Å². The molecule has 0 aromatic heterocycles. The van der Waals surface area contributed by atoms with Gasteiger partial charge in [0, 0.05) is 7.05 Å². The summed E-state index contributed by atoms with van der Waals surface area (Å²) in [6.07, 6.45) is 0.505. The second-order valence-corrected chi connectivity index (χ2v) is 9.57. The van der Waals surface area contributed by atoms with Crippen molar-refractivity contribution >= 4 is 27.6 Å². The fraction of sp³-hybridized carbons (Fsp3) is 0.364. The SMILES string of the molecule is CCOC(=O)[C@@]1(Cc2ccc(N(C)S(=O)(=O)c3ccc(OC)cc3)cc2)CC1C(=O)NO. The van der Waals surface area contributed by atoms with Crippen LogP contribution in [0.3, 0.4) is 0 Å². The van der Waals surface area contributed by atoms with Crippen molar-refractivity contribution in [1.82, 2.24) is 5.48 Å². The average Bonchev–Trinajstić information content (AvgIpc) is 3.54. The summed E-state index contributed by atoms with van der Waals surface area (Å²) in [5.74, 6) is -1.24. The van der Waals surface area contributed by atoms with Crippen LogP contribution in [-0.2, 0) is 30.8 Å². The van der Waals surface area contributed by atoms with E-state index in [-0.39, 0.29) is 24.3 Å². The van der Waals surface area contributed by atoms with Gasteiger partial charge in [0.25, 0.3) is 10.0 Å². The Morgan fingerprint density at radius 1 is 1.16 bits per heavy atom. The first-order chi connectivity index (χ1) is 15.2. The lowest BCUT2D eigenvalue weighted by Crippen LogP contribution is -2.30. The molecule has 1 aliphatic carbocycles. The molecule has 1 amide bonds. The van der Waals surface area contributed by atoms with Crippen molar-refractivity contribution in [2.45, 2.75) is 24.7 Å². The van der Waals surface area contributed by atoms with E-state index in [1.54, 1.807) is 48.8 Å². The van der Waals surface area contributed by atoms with Gasteiger partial charge in [-0.25, -0.2) is 13.9 Å². The molecular formula is C22H26N2O7S. The van der Waals surface area contributed by atoms with Gasteiger partial charge in [-0.15, -0.1) is 0 Å². The Balaban J connectivity index is 1.79. The second kappa shape index (κ2) is 9.17. The predicted octanol–water partition coefficient (Wildman–Crippen LogP) is 2.14. The number of benzene rings is 2. The highest BCUT2D eigenvalue weighted by Crippen LogP contribution is 2.56. The van der Waals surface area contributed by atoms with E-state index in [4.69, 9.17) is 14.7 Å². The number of nitrogens with zero attached hydrogens (tertiary/aromatic N) is 1. The molecule has 10 heteroatoms. The maximum absolute atomic E-state index is 12.9. The first-order valence-electron chi connectivity index (χ1n) is 10.0. The number of esters is 1. The molecule has 3 rings (SSSR count). The first-order valence-corrected chi connectivity index (χ1v) is 11.5. The minimum absolute atomic E-state index is 0.127. The summed E-state index contributed by atoms with van der Waals surface area (Å²) in [7, 11) is -0.815. The summed E-state index contributed by atoms with van der Waals surface area (Å²) in [4.78, 5) is 24.5. The van der Waals surface area contributed by atoms with Crippen LogP contribution in [0, 0.1) is 11.3 Å². The van der Waals surface area contributed by atoms with Gasteiger partial charge in [-0.05, 0) is 61.7 Å². The van der Waals surface area contributed by atoms with Crippen LogP contribution in [-0.4, -0.2) is 46.3 Å². The van der Waals surface area contributed by atoms with Gasteiger partial charge in [-0.2, -0.15) is 0 Å². The standard InChI is InChI=1S/C22H26N2O7S/c1-4-31-21(26)22(14-19(22)20(25)23-27)13-15-5-7-16(8-6-15)24(2)32(28,29)18-11-9-17(30-3)10-12-18/h5-12,19,27H,4,13-14H2,1-3H3,(H,23,25)/t19?,22-/m0/s1. The first kappa shape index (κ1) is 23.6. The van der Waals surface area contributed by atoms with Gasteiger partial charge in [-0.1, -0.05) is 12.1 Å². The van der Waals surface area contributed by atoms with Crippen LogP contribution in [0.15, 0.2) is 53.4 Å². The van der Waals surface area contributed by atoms with Gasteiger partial charge in [-0.3, -0.25) is 19.1 Å². The quantitative estimate of drug-likeness (QED) is 0.333. The molecule has 1 aliphatic rings. The lowest BCUT2D eigenvalue weighted by Gasteiger charge is -2.21. The summed E-state index contributed by atoms with van der Waals surface area (Å²) in [6.45, 7) is 1.87. The molecule has 32 heavy (non-hydrogen) atoms.